The lowest BCUT2D eigenvalue weighted by Crippen LogP contribution is -2.31. The van der Waals surface area contributed by atoms with E-state index in [9.17, 15) is 10.1 Å². The van der Waals surface area contributed by atoms with E-state index in [-0.39, 0.29) is 11.8 Å². The number of hydrogen-bond donors (Lipinski definition) is 1. The first-order chi connectivity index (χ1) is 11.1. The van der Waals surface area contributed by atoms with Gasteiger partial charge in [-0.2, -0.15) is 16.6 Å². The largest absolute Gasteiger partial charge is 0.497 e. The van der Waals surface area contributed by atoms with Crippen LogP contribution in [0, 0.1) is 11.3 Å². The molecule has 0 bridgehead atoms. The van der Waals surface area contributed by atoms with Crippen molar-refractivity contribution >= 4 is 17.2 Å². The summed E-state index contributed by atoms with van der Waals surface area (Å²) >= 11 is 1.54. The highest BCUT2D eigenvalue weighted by Crippen LogP contribution is 2.30. The van der Waals surface area contributed by atoms with Crippen LogP contribution in [0.15, 0.2) is 35.0 Å². The summed E-state index contributed by atoms with van der Waals surface area (Å²) in [5.74, 6) is 0.605. The van der Waals surface area contributed by atoms with E-state index in [2.05, 4.69) is 11.4 Å². The quantitative estimate of drug-likeness (QED) is 0.882. The number of amides is 1. The van der Waals surface area contributed by atoms with E-state index in [0.717, 1.165) is 5.56 Å². The summed E-state index contributed by atoms with van der Waals surface area (Å²) in [6, 6.07) is 8.38. The Balaban J connectivity index is 2.20. The van der Waals surface area contributed by atoms with Crippen molar-refractivity contribution in [2.75, 3.05) is 14.2 Å². The van der Waals surface area contributed by atoms with Gasteiger partial charge in [0.15, 0.2) is 0 Å². The molecule has 120 valence electrons. The molecule has 0 aliphatic carbocycles. The normalized spacial score (nSPS) is 12.8. The third kappa shape index (κ3) is 3.82. The van der Waals surface area contributed by atoms with E-state index < -0.39 is 6.04 Å². The minimum absolute atomic E-state index is 0.201. The van der Waals surface area contributed by atoms with E-state index >= 15 is 0 Å². The number of rotatable bonds is 6. The number of nitrogens with zero attached hydrogens (tertiary/aromatic N) is 1. The second kappa shape index (κ2) is 7.65. The highest BCUT2D eigenvalue weighted by atomic mass is 32.1. The molecule has 2 rings (SSSR count). The van der Waals surface area contributed by atoms with Crippen LogP contribution >= 0.6 is 11.3 Å². The fourth-order valence-corrected chi connectivity index (χ4v) is 2.93. The summed E-state index contributed by atoms with van der Waals surface area (Å²) in [6.45, 7) is 1.82. The van der Waals surface area contributed by atoms with Gasteiger partial charge in [0, 0.05) is 11.6 Å². The number of thiophene rings is 1. The first-order valence-electron chi connectivity index (χ1n) is 7.04. The molecule has 2 atom stereocenters. The number of carbonyl (C=O) groups is 1. The van der Waals surface area contributed by atoms with Crippen LogP contribution in [0.4, 0.5) is 0 Å². The van der Waals surface area contributed by atoms with Gasteiger partial charge in [0.05, 0.1) is 26.2 Å². The molecule has 5 nitrogen and oxygen atoms in total. The molecule has 0 spiro atoms. The maximum atomic E-state index is 12.4. The van der Waals surface area contributed by atoms with Crippen molar-refractivity contribution in [1.82, 2.24) is 5.32 Å². The van der Waals surface area contributed by atoms with E-state index in [4.69, 9.17) is 9.47 Å². The first-order valence-corrected chi connectivity index (χ1v) is 7.99. The van der Waals surface area contributed by atoms with Crippen LogP contribution in [0.1, 0.15) is 30.0 Å². The van der Waals surface area contributed by atoms with E-state index in [1.165, 1.54) is 18.4 Å². The monoisotopic (exact) mass is 330 g/mol. The lowest BCUT2D eigenvalue weighted by molar-refractivity contribution is -0.122. The zero-order chi connectivity index (χ0) is 16.8. The van der Waals surface area contributed by atoms with Gasteiger partial charge in [-0.25, -0.2) is 0 Å². The number of carbonyl (C=O) groups excluding carboxylic acids is 1. The molecule has 1 N–H and O–H groups in total. The average molecular weight is 330 g/mol. The number of ether oxygens (including phenoxy) is 2. The van der Waals surface area contributed by atoms with Gasteiger partial charge in [-0.05, 0) is 41.4 Å². The Bertz CT molecular complexity index is 707. The van der Waals surface area contributed by atoms with Crippen LogP contribution in [0.25, 0.3) is 0 Å². The second-order valence-electron chi connectivity index (χ2n) is 4.96. The van der Waals surface area contributed by atoms with Gasteiger partial charge < -0.3 is 14.8 Å². The second-order valence-corrected chi connectivity index (χ2v) is 5.74. The van der Waals surface area contributed by atoms with Crippen molar-refractivity contribution in [3.8, 4) is 17.6 Å². The van der Waals surface area contributed by atoms with Gasteiger partial charge in [-0.3, -0.25) is 4.79 Å². The minimum atomic E-state index is -0.788. The number of nitrogens with one attached hydrogen (secondary N) is 1. The molecule has 0 aliphatic heterocycles. The number of methoxy groups -OCH3 is 2. The zero-order valence-corrected chi connectivity index (χ0v) is 14.0. The van der Waals surface area contributed by atoms with Crippen molar-refractivity contribution in [3.05, 3.63) is 46.2 Å². The molecule has 6 heteroatoms. The highest BCUT2D eigenvalue weighted by Gasteiger charge is 2.22. The minimum Gasteiger partial charge on any atom is -0.497 e. The Morgan fingerprint density at radius 3 is 2.65 bits per heavy atom. The number of hydrogen-bond acceptors (Lipinski definition) is 5. The number of benzene rings is 1. The molecule has 0 unspecified atom stereocenters. The first kappa shape index (κ1) is 16.8. The molecule has 1 aromatic heterocycles. The molecule has 1 amide bonds. The van der Waals surface area contributed by atoms with Crippen molar-refractivity contribution in [2.45, 2.75) is 18.9 Å². The summed E-state index contributed by atoms with van der Waals surface area (Å²) in [4.78, 5) is 12.4. The summed E-state index contributed by atoms with van der Waals surface area (Å²) in [5, 5.41) is 16.1. The van der Waals surface area contributed by atoms with Crippen LogP contribution in [0.2, 0.25) is 0 Å². The van der Waals surface area contributed by atoms with E-state index in [0.29, 0.717) is 17.1 Å². The average Bonchev–Trinajstić information content (AvgIpc) is 3.12. The Morgan fingerprint density at radius 2 is 2.09 bits per heavy atom. The summed E-state index contributed by atoms with van der Waals surface area (Å²) in [5.41, 5.74) is 1.53. The van der Waals surface area contributed by atoms with E-state index in [1.54, 1.807) is 25.3 Å². The fourth-order valence-electron chi connectivity index (χ4n) is 2.18. The van der Waals surface area contributed by atoms with Crippen LogP contribution in [-0.2, 0) is 4.79 Å². The molecule has 23 heavy (non-hydrogen) atoms. The van der Waals surface area contributed by atoms with E-state index in [1.807, 2.05) is 23.8 Å². The summed E-state index contributed by atoms with van der Waals surface area (Å²) < 4.78 is 10.4. The Morgan fingerprint density at radius 1 is 1.30 bits per heavy atom. The predicted molar refractivity (Wildman–Crippen MR) is 88.8 cm³/mol. The van der Waals surface area contributed by atoms with Crippen LogP contribution in [0.3, 0.4) is 0 Å². The van der Waals surface area contributed by atoms with Crippen molar-refractivity contribution < 1.29 is 14.3 Å². The lowest BCUT2D eigenvalue weighted by Gasteiger charge is -2.18. The SMILES string of the molecule is COc1ccc([C@H](C#N)NC(=O)[C@@H](C)c2ccsc2)c(OC)c1. The molecular formula is C17H18N2O3S. The third-order valence-corrected chi connectivity index (χ3v) is 4.31. The molecule has 0 fully saturated rings. The topological polar surface area (TPSA) is 71.3 Å². The Hall–Kier alpha value is -2.52. The maximum Gasteiger partial charge on any atom is 0.228 e. The molecule has 1 heterocycles. The predicted octanol–water partition coefficient (Wildman–Crippen LogP) is 3.25. The molecule has 0 saturated carbocycles. The number of nitriles is 1. The molecule has 0 aliphatic rings. The van der Waals surface area contributed by atoms with Crippen LogP contribution in [-0.4, -0.2) is 20.1 Å². The third-order valence-electron chi connectivity index (χ3n) is 3.60. The Kier molecular flexibility index (Phi) is 5.61. The van der Waals surface area contributed by atoms with Gasteiger partial charge in [-0.15, -0.1) is 0 Å². The fraction of sp³-hybridized carbons (Fsp3) is 0.294. The van der Waals surface area contributed by atoms with Crippen molar-refractivity contribution in [2.24, 2.45) is 0 Å². The molecule has 0 radical (unpaired) electrons. The van der Waals surface area contributed by atoms with Gasteiger partial charge in [-0.1, -0.05) is 0 Å². The standard InChI is InChI=1S/C17H18N2O3S/c1-11(12-6-7-23-10-12)17(20)19-15(9-18)14-5-4-13(21-2)8-16(14)22-3/h4-8,10-11,15H,1-3H3,(H,19,20)/t11-,15-/m0/s1. The zero-order valence-electron chi connectivity index (χ0n) is 13.2. The molecular weight excluding hydrogens is 312 g/mol. The maximum absolute atomic E-state index is 12.4. The van der Waals surface area contributed by atoms with Crippen molar-refractivity contribution in [1.29, 1.82) is 5.26 Å². The lowest BCUT2D eigenvalue weighted by atomic mass is 10.0. The summed E-state index contributed by atoms with van der Waals surface area (Å²) in [6.07, 6.45) is 0. The molecule has 2 aromatic rings. The van der Waals surface area contributed by atoms with Crippen LogP contribution < -0.4 is 14.8 Å². The Labute approximate surface area is 139 Å². The smallest absolute Gasteiger partial charge is 0.228 e. The van der Waals surface area contributed by atoms with Gasteiger partial charge in [0.1, 0.15) is 17.5 Å². The highest BCUT2D eigenvalue weighted by molar-refractivity contribution is 7.08. The van der Waals surface area contributed by atoms with Gasteiger partial charge >= 0.3 is 0 Å². The summed E-state index contributed by atoms with van der Waals surface area (Å²) in [7, 11) is 3.07. The van der Waals surface area contributed by atoms with Crippen molar-refractivity contribution in [3.63, 3.8) is 0 Å². The van der Waals surface area contributed by atoms with Gasteiger partial charge in [0.2, 0.25) is 5.91 Å². The van der Waals surface area contributed by atoms with Gasteiger partial charge in [0.25, 0.3) is 0 Å². The molecule has 1 aromatic carbocycles. The van der Waals surface area contributed by atoms with Crippen LogP contribution in [0.5, 0.6) is 11.5 Å². The molecule has 0 saturated heterocycles.